The highest BCUT2D eigenvalue weighted by Crippen LogP contribution is 2.29. The molecule has 24 heavy (non-hydrogen) atoms. The van der Waals surface area contributed by atoms with Crippen molar-refractivity contribution >= 4 is 0 Å². The van der Waals surface area contributed by atoms with Crippen LogP contribution in [0.5, 0.6) is 0 Å². The number of aryl methyl sites for hydroxylation is 2. The average molecular weight is 325 g/mol. The Hall–Kier alpha value is -2.15. The van der Waals surface area contributed by atoms with Gasteiger partial charge in [-0.1, -0.05) is 42.3 Å². The average Bonchev–Trinajstić information content (AvgIpc) is 2.56. The molecule has 126 valence electrons. The first-order valence-corrected chi connectivity index (χ1v) is 8.08. The topological polar surface area (TPSA) is 12.5 Å². The SMILES string of the molecule is C#CCN(CC(Cc1ccccc1F)c1c(C)cccc1C)OC. The first-order valence-electron chi connectivity index (χ1n) is 8.08. The Labute approximate surface area is 144 Å². The Balaban J connectivity index is 2.38. The van der Waals surface area contributed by atoms with Gasteiger partial charge in [0.05, 0.1) is 13.7 Å². The Kier molecular flexibility index (Phi) is 6.54. The fourth-order valence-electron chi connectivity index (χ4n) is 3.21. The predicted octanol–water partition coefficient (Wildman–Crippen LogP) is 4.27. The summed E-state index contributed by atoms with van der Waals surface area (Å²) in [5.74, 6) is 2.53. The van der Waals surface area contributed by atoms with Crippen LogP contribution in [0.1, 0.15) is 28.2 Å². The third kappa shape index (κ3) is 4.44. The molecular weight excluding hydrogens is 301 g/mol. The van der Waals surface area contributed by atoms with Crippen LogP contribution in [0.4, 0.5) is 4.39 Å². The molecule has 0 saturated heterocycles. The van der Waals surface area contributed by atoms with Gasteiger partial charge in [0.15, 0.2) is 0 Å². The number of hydrogen-bond acceptors (Lipinski definition) is 2. The van der Waals surface area contributed by atoms with Crippen LogP contribution in [-0.2, 0) is 11.3 Å². The van der Waals surface area contributed by atoms with Crippen molar-refractivity contribution in [2.45, 2.75) is 26.2 Å². The maximum atomic E-state index is 14.2. The molecule has 0 amide bonds. The zero-order chi connectivity index (χ0) is 17.5. The van der Waals surface area contributed by atoms with Crippen LogP contribution in [0.25, 0.3) is 0 Å². The van der Waals surface area contributed by atoms with E-state index in [1.807, 2.05) is 18.2 Å². The lowest BCUT2D eigenvalue weighted by Crippen LogP contribution is -2.30. The highest BCUT2D eigenvalue weighted by molar-refractivity contribution is 5.38. The van der Waals surface area contributed by atoms with Gasteiger partial charge in [-0.05, 0) is 48.6 Å². The van der Waals surface area contributed by atoms with E-state index in [2.05, 4.69) is 31.9 Å². The van der Waals surface area contributed by atoms with Crippen LogP contribution in [0.15, 0.2) is 42.5 Å². The summed E-state index contributed by atoms with van der Waals surface area (Å²) in [5.41, 5.74) is 4.35. The van der Waals surface area contributed by atoms with Crippen molar-refractivity contribution in [1.82, 2.24) is 5.06 Å². The smallest absolute Gasteiger partial charge is 0.126 e. The molecule has 2 nitrogen and oxygen atoms in total. The Morgan fingerprint density at radius 1 is 1.12 bits per heavy atom. The molecule has 0 spiro atoms. The number of hydroxylamine groups is 2. The highest BCUT2D eigenvalue weighted by atomic mass is 19.1. The van der Waals surface area contributed by atoms with Crippen LogP contribution in [-0.4, -0.2) is 25.3 Å². The zero-order valence-electron chi connectivity index (χ0n) is 14.6. The third-order valence-electron chi connectivity index (χ3n) is 4.32. The second-order valence-electron chi connectivity index (χ2n) is 6.01. The van der Waals surface area contributed by atoms with Crippen molar-refractivity contribution < 1.29 is 9.23 Å². The van der Waals surface area contributed by atoms with Gasteiger partial charge in [-0.25, -0.2) is 4.39 Å². The van der Waals surface area contributed by atoms with E-state index in [0.29, 0.717) is 25.1 Å². The normalized spacial score (nSPS) is 12.2. The molecule has 0 heterocycles. The first-order chi connectivity index (χ1) is 11.6. The minimum absolute atomic E-state index is 0.0939. The predicted molar refractivity (Wildman–Crippen MR) is 96.2 cm³/mol. The van der Waals surface area contributed by atoms with E-state index in [4.69, 9.17) is 11.3 Å². The molecule has 0 aliphatic carbocycles. The van der Waals surface area contributed by atoms with Gasteiger partial charge in [-0.3, -0.25) is 0 Å². The van der Waals surface area contributed by atoms with Crippen LogP contribution < -0.4 is 0 Å². The minimum Gasteiger partial charge on any atom is -0.301 e. The molecule has 3 heteroatoms. The number of hydrogen-bond donors (Lipinski definition) is 0. The van der Waals surface area contributed by atoms with E-state index < -0.39 is 0 Å². The van der Waals surface area contributed by atoms with Crippen LogP contribution in [0.2, 0.25) is 0 Å². The van der Waals surface area contributed by atoms with Crippen LogP contribution in [0, 0.1) is 32.0 Å². The first kappa shape index (κ1) is 18.2. The molecule has 0 fully saturated rings. The van der Waals surface area contributed by atoms with E-state index in [0.717, 1.165) is 0 Å². The molecule has 0 aliphatic heterocycles. The van der Waals surface area contributed by atoms with Crippen molar-refractivity contribution in [3.05, 3.63) is 70.5 Å². The van der Waals surface area contributed by atoms with E-state index in [9.17, 15) is 4.39 Å². The Morgan fingerprint density at radius 2 is 1.79 bits per heavy atom. The van der Waals surface area contributed by atoms with Crippen molar-refractivity contribution in [2.24, 2.45) is 0 Å². The Bertz CT molecular complexity index is 700. The summed E-state index contributed by atoms with van der Waals surface area (Å²) in [6.07, 6.45) is 6.02. The van der Waals surface area contributed by atoms with Crippen LogP contribution >= 0.6 is 0 Å². The maximum Gasteiger partial charge on any atom is 0.126 e. The summed E-state index contributed by atoms with van der Waals surface area (Å²) in [5, 5.41) is 1.75. The molecule has 0 aliphatic rings. The quantitative estimate of drug-likeness (QED) is 0.557. The lowest BCUT2D eigenvalue weighted by molar-refractivity contribution is -0.124. The van der Waals surface area contributed by atoms with Gasteiger partial charge in [-0.2, -0.15) is 5.06 Å². The highest BCUT2D eigenvalue weighted by Gasteiger charge is 2.21. The molecule has 2 aromatic carbocycles. The number of benzene rings is 2. The van der Waals surface area contributed by atoms with Crippen molar-refractivity contribution in [3.63, 3.8) is 0 Å². The Morgan fingerprint density at radius 3 is 2.38 bits per heavy atom. The van der Waals surface area contributed by atoms with E-state index in [-0.39, 0.29) is 11.7 Å². The van der Waals surface area contributed by atoms with Crippen molar-refractivity contribution in [3.8, 4) is 12.3 Å². The summed E-state index contributed by atoms with van der Waals surface area (Å²) >= 11 is 0. The maximum absolute atomic E-state index is 14.2. The monoisotopic (exact) mass is 325 g/mol. The molecule has 2 rings (SSSR count). The summed E-state index contributed by atoms with van der Waals surface area (Å²) in [7, 11) is 1.61. The van der Waals surface area contributed by atoms with Crippen molar-refractivity contribution in [2.75, 3.05) is 20.2 Å². The van der Waals surface area contributed by atoms with Gasteiger partial charge >= 0.3 is 0 Å². The van der Waals surface area contributed by atoms with Gasteiger partial charge in [-0.15, -0.1) is 6.42 Å². The number of terminal acetylenes is 1. The van der Waals surface area contributed by atoms with Gasteiger partial charge in [0, 0.05) is 12.5 Å². The van der Waals surface area contributed by atoms with Crippen LogP contribution in [0.3, 0.4) is 0 Å². The molecular formula is C21H24FNO. The van der Waals surface area contributed by atoms with Gasteiger partial charge in [0.2, 0.25) is 0 Å². The second-order valence-corrected chi connectivity index (χ2v) is 6.01. The lowest BCUT2D eigenvalue weighted by atomic mass is 9.86. The molecule has 0 N–H and O–H groups in total. The summed E-state index contributed by atoms with van der Waals surface area (Å²) in [4.78, 5) is 5.39. The van der Waals surface area contributed by atoms with Gasteiger partial charge in [0.25, 0.3) is 0 Å². The molecule has 0 saturated carbocycles. The fraction of sp³-hybridized carbons (Fsp3) is 0.333. The van der Waals surface area contributed by atoms with E-state index in [1.165, 1.54) is 22.8 Å². The minimum atomic E-state index is -0.172. The molecule has 0 aromatic heterocycles. The number of halogens is 1. The van der Waals surface area contributed by atoms with E-state index in [1.54, 1.807) is 18.2 Å². The molecule has 1 unspecified atom stereocenters. The van der Waals surface area contributed by atoms with Crippen molar-refractivity contribution in [1.29, 1.82) is 0 Å². The van der Waals surface area contributed by atoms with Gasteiger partial charge in [0.1, 0.15) is 5.82 Å². The summed E-state index contributed by atoms with van der Waals surface area (Å²) < 4.78 is 14.2. The second kappa shape index (κ2) is 8.63. The lowest BCUT2D eigenvalue weighted by Gasteiger charge is -2.27. The molecule has 2 aromatic rings. The summed E-state index contributed by atoms with van der Waals surface area (Å²) in [6, 6.07) is 13.2. The number of rotatable bonds is 7. The molecule has 1 atom stereocenters. The molecule has 0 bridgehead atoms. The fourth-order valence-corrected chi connectivity index (χ4v) is 3.21. The van der Waals surface area contributed by atoms with E-state index >= 15 is 0 Å². The largest absolute Gasteiger partial charge is 0.301 e. The third-order valence-corrected chi connectivity index (χ3v) is 4.32. The standard InChI is InChI=1S/C21H24FNO/c1-5-13-23(24-4)15-19(14-18-11-6-7-12-20(18)22)21-16(2)9-8-10-17(21)3/h1,6-12,19H,13-15H2,2-4H3. The number of nitrogens with zero attached hydrogens (tertiary/aromatic N) is 1. The molecule has 0 radical (unpaired) electrons. The summed E-state index contributed by atoms with van der Waals surface area (Å²) in [6.45, 7) is 5.19. The zero-order valence-corrected chi connectivity index (χ0v) is 14.6. The van der Waals surface area contributed by atoms with Gasteiger partial charge < -0.3 is 4.84 Å².